The molecule has 2 nitrogen and oxygen atoms in total. The molecule has 3 atom stereocenters. The molecule has 100 valence electrons. The van der Waals surface area contributed by atoms with E-state index in [4.69, 9.17) is 5.73 Å². The fraction of sp³-hybridized carbons (Fsp3) is 1.00. The van der Waals surface area contributed by atoms with Gasteiger partial charge >= 0.3 is 0 Å². The van der Waals surface area contributed by atoms with Crippen molar-refractivity contribution in [3.63, 3.8) is 0 Å². The third kappa shape index (κ3) is 2.53. The molecule has 0 aliphatic heterocycles. The standard InChI is InChI=1S/C15H30N2/c1-4-15(11-16,13-8-9-13)17(3)14-7-5-6-12(2)10-14/h12-14H,4-11,16H2,1-3H3. The van der Waals surface area contributed by atoms with Crippen molar-refractivity contribution in [3.05, 3.63) is 0 Å². The maximum atomic E-state index is 6.16. The Morgan fingerprint density at radius 3 is 2.41 bits per heavy atom. The summed E-state index contributed by atoms with van der Waals surface area (Å²) in [7, 11) is 2.34. The van der Waals surface area contributed by atoms with Crippen molar-refractivity contribution in [2.75, 3.05) is 13.6 Å². The van der Waals surface area contributed by atoms with Crippen LogP contribution in [0.4, 0.5) is 0 Å². The van der Waals surface area contributed by atoms with Gasteiger partial charge in [-0.25, -0.2) is 0 Å². The molecule has 2 rings (SSSR count). The second-order valence-electron chi connectivity index (χ2n) is 6.47. The molecule has 3 unspecified atom stereocenters. The molecule has 2 fully saturated rings. The van der Waals surface area contributed by atoms with Crippen LogP contribution >= 0.6 is 0 Å². The van der Waals surface area contributed by atoms with E-state index < -0.39 is 0 Å². The number of nitrogens with two attached hydrogens (primary N) is 1. The van der Waals surface area contributed by atoms with Gasteiger partial charge in [-0.2, -0.15) is 0 Å². The van der Waals surface area contributed by atoms with Crippen molar-refractivity contribution >= 4 is 0 Å². The quantitative estimate of drug-likeness (QED) is 0.798. The topological polar surface area (TPSA) is 29.3 Å². The fourth-order valence-electron chi connectivity index (χ4n) is 4.02. The first kappa shape index (κ1) is 13.4. The van der Waals surface area contributed by atoms with Crippen LogP contribution in [-0.4, -0.2) is 30.1 Å². The molecule has 0 bridgehead atoms. The van der Waals surface area contributed by atoms with Crippen LogP contribution in [0.1, 0.15) is 58.8 Å². The summed E-state index contributed by atoms with van der Waals surface area (Å²) in [6, 6.07) is 0.780. The van der Waals surface area contributed by atoms with Crippen LogP contribution < -0.4 is 5.73 Å². The number of nitrogens with zero attached hydrogens (tertiary/aromatic N) is 1. The van der Waals surface area contributed by atoms with Gasteiger partial charge in [-0.05, 0) is 51.0 Å². The molecule has 0 aromatic heterocycles. The van der Waals surface area contributed by atoms with Gasteiger partial charge < -0.3 is 5.73 Å². The van der Waals surface area contributed by atoms with Gasteiger partial charge in [0, 0.05) is 18.1 Å². The van der Waals surface area contributed by atoms with Gasteiger partial charge in [0.15, 0.2) is 0 Å². The summed E-state index contributed by atoms with van der Waals surface area (Å²) in [4.78, 5) is 2.68. The average molecular weight is 238 g/mol. The van der Waals surface area contributed by atoms with Crippen LogP contribution in [0.25, 0.3) is 0 Å². The lowest BCUT2D eigenvalue weighted by atomic mass is 9.81. The zero-order valence-corrected chi connectivity index (χ0v) is 11.9. The summed E-state index contributed by atoms with van der Waals surface area (Å²) >= 11 is 0. The van der Waals surface area contributed by atoms with Crippen molar-refractivity contribution in [1.29, 1.82) is 0 Å². The van der Waals surface area contributed by atoms with Crippen LogP contribution in [0.2, 0.25) is 0 Å². The molecule has 2 N–H and O–H groups in total. The van der Waals surface area contributed by atoms with Crippen molar-refractivity contribution in [2.45, 2.75) is 70.4 Å². The summed E-state index contributed by atoms with van der Waals surface area (Å²) < 4.78 is 0. The molecule has 2 aliphatic carbocycles. The Balaban J connectivity index is 2.07. The molecular weight excluding hydrogens is 208 g/mol. The third-order valence-corrected chi connectivity index (χ3v) is 5.46. The highest BCUT2D eigenvalue weighted by Gasteiger charge is 2.47. The van der Waals surface area contributed by atoms with Gasteiger partial charge in [0.25, 0.3) is 0 Å². The molecule has 2 saturated carbocycles. The van der Waals surface area contributed by atoms with E-state index in [-0.39, 0.29) is 0 Å². The molecule has 0 amide bonds. The zero-order chi connectivity index (χ0) is 12.5. The van der Waals surface area contributed by atoms with Crippen molar-refractivity contribution in [2.24, 2.45) is 17.6 Å². The summed E-state index contributed by atoms with van der Waals surface area (Å²) in [6.07, 6.45) is 9.62. The van der Waals surface area contributed by atoms with E-state index >= 15 is 0 Å². The minimum atomic E-state index is 0.307. The Morgan fingerprint density at radius 1 is 1.24 bits per heavy atom. The second kappa shape index (κ2) is 5.27. The molecule has 0 aromatic carbocycles. The van der Waals surface area contributed by atoms with Crippen LogP contribution in [0, 0.1) is 11.8 Å². The predicted octanol–water partition coefficient (Wildman–Crippen LogP) is 3.01. The summed E-state index contributed by atoms with van der Waals surface area (Å²) in [5, 5.41) is 0. The number of hydrogen-bond donors (Lipinski definition) is 1. The zero-order valence-electron chi connectivity index (χ0n) is 11.9. The molecule has 0 saturated heterocycles. The van der Waals surface area contributed by atoms with Crippen LogP contribution in [0.15, 0.2) is 0 Å². The maximum Gasteiger partial charge on any atom is 0.0357 e. The number of hydrogen-bond acceptors (Lipinski definition) is 2. The average Bonchev–Trinajstić information content (AvgIpc) is 3.16. The van der Waals surface area contributed by atoms with E-state index in [9.17, 15) is 0 Å². The van der Waals surface area contributed by atoms with Gasteiger partial charge in [0.2, 0.25) is 0 Å². The predicted molar refractivity (Wildman–Crippen MR) is 74.0 cm³/mol. The molecular formula is C15H30N2. The largest absolute Gasteiger partial charge is 0.329 e. The molecule has 0 spiro atoms. The first-order valence-corrected chi connectivity index (χ1v) is 7.57. The lowest BCUT2D eigenvalue weighted by Gasteiger charge is -2.47. The first-order chi connectivity index (χ1) is 8.14. The Hall–Kier alpha value is -0.0800. The van der Waals surface area contributed by atoms with Gasteiger partial charge in [-0.3, -0.25) is 4.90 Å². The number of likely N-dealkylation sites (N-methyl/N-ethyl adjacent to an activating group) is 1. The summed E-state index contributed by atoms with van der Waals surface area (Å²) in [5.41, 5.74) is 6.47. The van der Waals surface area contributed by atoms with Crippen molar-refractivity contribution < 1.29 is 0 Å². The summed E-state index contributed by atoms with van der Waals surface area (Å²) in [6.45, 7) is 5.58. The van der Waals surface area contributed by atoms with Gasteiger partial charge in [0.05, 0.1) is 0 Å². The van der Waals surface area contributed by atoms with Gasteiger partial charge in [0.1, 0.15) is 0 Å². The normalized spacial score (nSPS) is 33.7. The van der Waals surface area contributed by atoms with E-state index in [1.54, 1.807) is 0 Å². The second-order valence-corrected chi connectivity index (χ2v) is 6.47. The molecule has 17 heavy (non-hydrogen) atoms. The molecule has 2 heteroatoms. The molecule has 0 radical (unpaired) electrons. The summed E-state index contributed by atoms with van der Waals surface area (Å²) in [5.74, 6) is 1.78. The Kier molecular flexibility index (Phi) is 4.14. The fourth-order valence-corrected chi connectivity index (χ4v) is 4.02. The minimum absolute atomic E-state index is 0.307. The van der Waals surface area contributed by atoms with E-state index in [1.807, 2.05) is 0 Å². The lowest BCUT2D eigenvalue weighted by molar-refractivity contribution is 0.0281. The van der Waals surface area contributed by atoms with Gasteiger partial charge in [-0.1, -0.05) is 26.7 Å². The monoisotopic (exact) mass is 238 g/mol. The third-order valence-electron chi connectivity index (χ3n) is 5.46. The Morgan fingerprint density at radius 2 is 1.94 bits per heavy atom. The molecule has 2 aliphatic rings. The van der Waals surface area contributed by atoms with Crippen molar-refractivity contribution in [1.82, 2.24) is 4.90 Å². The van der Waals surface area contributed by atoms with E-state index in [0.717, 1.165) is 24.4 Å². The van der Waals surface area contributed by atoms with Crippen LogP contribution in [-0.2, 0) is 0 Å². The highest BCUT2D eigenvalue weighted by molar-refractivity contribution is 5.03. The Labute approximate surface area is 107 Å². The minimum Gasteiger partial charge on any atom is -0.329 e. The smallest absolute Gasteiger partial charge is 0.0357 e. The number of rotatable bonds is 5. The maximum absolute atomic E-state index is 6.16. The molecule has 0 aromatic rings. The SMILES string of the molecule is CCC(CN)(C1CC1)N(C)C1CCCC(C)C1. The highest BCUT2D eigenvalue weighted by atomic mass is 15.2. The lowest BCUT2D eigenvalue weighted by Crippen LogP contribution is -2.58. The van der Waals surface area contributed by atoms with E-state index in [1.165, 1.54) is 44.9 Å². The van der Waals surface area contributed by atoms with Crippen molar-refractivity contribution in [3.8, 4) is 0 Å². The molecule has 0 heterocycles. The first-order valence-electron chi connectivity index (χ1n) is 7.57. The van der Waals surface area contributed by atoms with Gasteiger partial charge in [-0.15, -0.1) is 0 Å². The van der Waals surface area contributed by atoms with Crippen LogP contribution in [0.5, 0.6) is 0 Å². The van der Waals surface area contributed by atoms with E-state index in [0.29, 0.717) is 5.54 Å². The van der Waals surface area contributed by atoms with E-state index in [2.05, 4.69) is 25.8 Å². The van der Waals surface area contributed by atoms with Crippen LogP contribution in [0.3, 0.4) is 0 Å². The highest BCUT2D eigenvalue weighted by Crippen LogP contribution is 2.46. The Bertz CT molecular complexity index is 243.